The quantitative estimate of drug-likeness (QED) is 0.575. The monoisotopic (exact) mass is 416 g/mol. The van der Waals surface area contributed by atoms with Crippen LogP contribution in [0.1, 0.15) is 44.0 Å². The minimum Gasteiger partial charge on any atom is -0.337 e. The van der Waals surface area contributed by atoms with Crippen LogP contribution >= 0.6 is 15.9 Å². The van der Waals surface area contributed by atoms with Crippen molar-refractivity contribution in [3.63, 3.8) is 0 Å². The Hall–Kier alpha value is -2.35. The van der Waals surface area contributed by atoms with Crippen LogP contribution in [-0.4, -0.2) is 30.7 Å². The van der Waals surface area contributed by atoms with Crippen molar-refractivity contribution in [2.24, 2.45) is 5.92 Å². The van der Waals surface area contributed by atoms with Crippen LogP contribution < -0.4 is 5.32 Å². The highest BCUT2D eigenvalue weighted by atomic mass is 79.9. The molecule has 7 nitrogen and oxygen atoms in total. The van der Waals surface area contributed by atoms with Crippen LogP contribution in [0.15, 0.2) is 29.0 Å². The molecule has 0 fully saturated rings. The Labute approximate surface area is 160 Å². The number of anilines is 2. The molecule has 0 unspecified atom stereocenters. The number of rotatable bonds is 7. The number of carbonyl (C=O) groups excluding carboxylic acids is 1. The fourth-order valence-corrected chi connectivity index (χ4v) is 3.24. The number of fused-ring (bicyclic) bond motifs is 1. The lowest BCUT2D eigenvalue weighted by Gasteiger charge is -2.12. The minimum absolute atomic E-state index is 0.0195. The highest BCUT2D eigenvalue weighted by Gasteiger charge is 2.15. The SMILES string of the molecule is CCC(CC)Cn1nnc2c(Nc3ccc(C(C)=O)cc3Br)ncnc21. The fraction of sp³-hybridized carbons (Fsp3) is 0.389. The number of nitrogens with zero attached hydrogens (tertiary/aromatic N) is 5. The molecule has 1 N–H and O–H groups in total. The number of benzene rings is 1. The Kier molecular flexibility index (Phi) is 5.61. The van der Waals surface area contributed by atoms with Gasteiger partial charge in [0.2, 0.25) is 0 Å². The van der Waals surface area contributed by atoms with Crippen LogP contribution in [-0.2, 0) is 6.54 Å². The van der Waals surface area contributed by atoms with Crippen molar-refractivity contribution in [2.75, 3.05) is 5.32 Å². The van der Waals surface area contributed by atoms with E-state index < -0.39 is 0 Å². The maximum atomic E-state index is 11.5. The number of carbonyl (C=O) groups is 1. The zero-order valence-electron chi connectivity index (χ0n) is 15.0. The van der Waals surface area contributed by atoms with Gasteiger partial charge in [0, 0.05) is 16.6 Å². The second-order valence-corrected chi connectivity index (χ2v) is 7.08. The highest BCUT2D eigenvalue weighted by Crippen LogP contribution is 2.28. The second kappa shape index (κ2) is 7.90. The van der Waals surface area contributed by atoms with E-state index in [0.717, 1.165) is 29.5 Å². The molecular formula is C18H21BrN6O. The lowest BCUT2D eigenvalue weighted by molar-refractivity contribution is 0.101. The van der Waals surface area contributed by atoms with Gasteiger partial charge < -0.3 is 5.32 Å². The number of hydrogen-bond donors (Lipinski definition) is 1. The molecule has 0 saturated heterocycles. The van der Waals surface area contributed by atoms with Crippen LogP contribution in [0.5, 0.6) is 0 Å². The van der Waals surface area contributed by atoms with Crippen LogP contribution in [0.25, 0.3) is 11.2 Å². The first-order chi connectivity index (χ1) is 12.5. The first-order valence-corrected chi connectivity index (χ1v) is 9.44. The Morgan fingerprint density at radius 2 is 2.04 bits per heavy atom. The van der Waals surface area contributed by atoms with E-state index in [0.29, 0.717) is 28.5 Å². The van der Waals surface area contributed by atoms with Gasteiger partial charge in [0.05, 0.1) is 5.69 Å². The Morgan fingerprint density at radius 1 is 1.27 bits per heavy atom. The topological polar surface area (TPSA) is 85.6 Å². The van der Waals surface area contributed by atoms with Gasteiger partial charge in [-0.2, -0.15) is 0 Å². The van der Waals surface area contributed by atoms with E-state index in [4.69, 9.17) is 0 Å². The predicted octanol–water partition coefficient (Wildman–Crippen LogP) is 4.37. The van der Waals surface area contributed by atoms with Crippen molar-refractivity contribution in [1.82, 2.24) is 25.0 Å². The average Bonchev–Trinajstić information content (AvgIpc) is 3.05. The Morgan fingerprint density at radius 3 is 2.69 bits per heavy atom. The Balaban J connectivity index is 1.92. The van der Waals surface area contributed by atoms with Gasteiger partial charge in [0.1, 0.15) is 6.33 Å². The lowest BCUT2D eigenvalue weighted by atomic mass is 10.0. The number of aromatic nitrogens is 5. The minimum atomic E-state index is 0.0195. The summed E-state index contributed by atoms with van der Waals surface area (Å²) in [6, 6.07) is 5.40. The molecule has 0 saturated carbocycles. The Bertz CT molecular complexity index is 935. The lowest BCUT2D eigenvalue weighted by Crippen LogP contribution is -2.11. The van der Waals surface area contributed by atoms with E-state index in [9.17, 15) is 4.79 Å². The van der Waals surface area contributed by atoms with Gasteiger partial charge >= 0.3 is 0 Å². The van der Waals surface area contributed by atoms with Crippen LogP contribution in [0.2, 0.25) is 0 Å². The van der Waals surface area contributed by atoms with E-state index >= 15 is 0 Å². The molecule has 3 rings (SSSR count). The van der Waals surface area contributed by atoms with Gasteiger partial charge in [-0.3, -0.25) is 4.79 Å². The summed E-state index contributed by atoms with van der Waals surface area (Å²) in [5.41, 5.74) is 2.78. The molecule has 0 spiro atoms. The van der Waals surface area contributed by atoms with Gasteiger partial charge in [0.15, 0.2) is 22.8 Å². The molecule has 0 bridgehead atoms. The molecule has 26 heavy (non-hydrogen) atoms. The molecule has 0 aliphatic rings. The maximum absolute atomic E-state index is 11.5. The van der Waals surface area contributed by atoms with Crippen LogP contribution in [0.3, 0.4) is 0 Å². The zero-order valence-corrected chi connectivity index (χ0v) is 16.6. The normalized spacial score (nSPS) is 11.3. The van der Waals surface area contributed by atoms with Gasteiger partial charge in [-0.15, -0.1) is 5.10 Å². The average molecular weight is 417 g/mol. The third kappa shape index (κ3) is 3.75. The number of ketones is 1. The van der Waals surface area contributed by atoms with Crippen molar-refractivity contribution in [3.8, 4) is 0 Å². The molecule has 0 aliphatic carbocycles. The van der Waals surface area contributed by atoms with E-state index in [-0.39, 0.29) is 5.78 Å². The van der Waals surface area contributed by atoms with E-state index in [2.05, 4.69) is 55.4 Å². The standard InChI is InChI=1S/C18H21BrN6O/c1-4-12(5-2)9-25-18-16(23-24-25)17(20-10-21-18)22-15-7-6-13(11(3)26)8-14(15)19/h6-8,10,12H,4-5,9H2,1-3H3,(H,20,21,22). The van der Waals surface area contributed by atoms with Crippen molar-refractivity contribution in [1.29, 1.82) is 0 Å². The van der Waals surface area contributed by atoms with E-state index in [1.807, 2.05) is 10.7 Å². The first-order valence-electron chi connectivity index (χ1n) is 8.65. The van der Waals surface area contributed by atoms with Crippen LogP contribution in [0.4, 0.5) is 11.5 Å². The second-order valence-electron chi connectivity index (χ2n) is 6.22. The maximum Gasteiger partial charge on any atom is 0.183 e. The van der Waals surface area contributed by atoms with Gasteiger partial charge in [-0.25, -0.2) is 14.6 Å². The number of hydrogen-bond acceptors (Lipinski definition) is 6. The zero-order chi connectivity index (χ0) is 18.7. The summed E-state index contributed by atoms with van der Waals surface area (Å²) in [7, 11) is 0. The molecule has 3 aromatic rings. The highest BCUT2D eigenvalue weighted by molar-refractivity contribution is 9.10. The van der Waals surface area contributed by atoms with Crippen molar-refractivity contribution < 1.29 is 4.79 Å². The number of nitrogens with one attached hydrogen (secondary N) is 1. The van der Waals surface area contributed by atoms with Gasteiger partial charge in [-0.1, -0.05) is 31.9 Å². The molecule has 8 heteroatoms. The molecule has 0 radical (unpaired) electrons. The summed E-state index contributed by atoms with van der Waals surface area (Å²) in [6.45, 7) is 6.69. The molecule has 0 aliphatic heterocycles. The fourth-order valence-electron chi connectivity index (χ4n) is 2.76. The van der Waals surface area contributed by atoms with Crippen molar-refractivity contribution in [3.05, 3.63) is 34.6 Å². The van der Waals surface area contributed by atoms with Gasteiger partial charge in [0.25, 0.3) is 0 Å². The summed E-state index contributed by atoms with van der Waals surface area (Å²) < 4.78 is 2.62. The summed E-state index contributed by atoms with van der Waals surface area (Å²) in [4.78, 5) is 20.2. The molecule has 0 atom stereocenters. The first kappa shape index (κ1) is 18.4. The molecule has 2 heterocycles. The largest absolute Gasteiger partial charge is 0.337 e. The molecular weight excluding hydrogens is 396 g/mol. The van der Waals surface area contributed by atoms with Crippen molar-refractivity contribution in [2.45, 2.75) is 40.2 Å². The third-order valence-electron chi connectivity index (χ3n) is 4.51. The molecule has 136 valence electrons. The van der Waals surface area contributed by atoms with Crippen LogP contribution in [0, 0.1) is 5.92 Å². The smallest absolute Gasteiger partial charge is 0.183 e. The van der Waals surface area contributed by atoms with E-state index in [1.54, 1.807) is 19.1 Å². The summed E-state index contributed by atoms with van der Waals surface area (Å²) in [6.07, 6.45) is 3.68. The van der Waals surface area contributed by atoms with Gasteiger partial charge in [-0.05, 0) is 47.0 Å². The number of halogens is 1. The summed E-state index contributed by atoms with van der Waals surface area (Å²) in [5, 5.41) is 11.8. The summed E-state index contributed by atoms with van der Waals surface area (Å²) in [5.74, 6) is 1.15. The predicted molar refractivity (Wildman–Crippen MR) is 105 cm³/mol. The molecule has 2 aromatic heterocycles. The number of Topliss-reactive ketones (excluding diaryl/α,β-unsaturated/α-hetero) is 1. The van der Waals surface area contributed by atoms with E-state index in [1.165, 1.54) is 6.33 Å². The van der Waals surface area contributed by atoms with Crippen molar-refractivity contribution >= 4 is 44.4 Å². The molecule has 1 aromatic carbocycles. The third-order valence-corrected chi connectivity index (χ3v) is 5.17. The molecule has 0 amide bonds. The summed E-state index contributed by atoms with van der Waals surface area (Å²) >= 11 is 3.49.